The Morgan fingerprint density at radius 2 is 1.70 bits per heavy atom. The summed E-state index contributed by atoms with van der Waals surface area (Å²) in [5.74, 6) is 1.79. The second-order valence-electron chi connectivity index (χ2n) is 7.12. The molecule has 3 heterocycles. The molecule has 1 unspecified atom stereocenters. The number of ether oxygens (including phenoxy) is 2. The van der Waals surface area contributed by atoms with Crippen LogP contribution in [0.3, 0.4) is 0 Å². The maximum absolute atomic E-state index is 5.42. The molecule has 0 bridgehead atoms. The van der Waals surface area contributed by atoms with Gasteiger partial charge in [0.2, 0.25) is 0 Å². The average Bonchev–Trinajstić information content (AvgIpc) is 3.29. The Balaban J connectivity index is 1.55. The predicted molar refractivity (Wildman–Crippen MR) is 108 cm³/mol. The molecule has 27 heavy (non-hydrogen) atoms. The highest BCUT2D eigenvalue weighted by Gasteiger charge is 2.25. The molecule has 1 aliphatic heterocycles. The average molecular weight is 361 g/mol. The van der Waals surface area contributed by atoms with Gasteiger partial charge < -0.3 is 24.8 Å². The fraction of sp³-hybridized carbons (Fsp3) is 0.273. The van der Waals surface area contributed by atoms with E-state index in [0.29, 0.717) is 0 Å². The van der Waals surface area contributed by atoms with Crippen LogP contribution in [-0.2, 0) is 12.8 Å². The van der Waals surface area contributed by atoms with Gasteiger partial charge in [0, 0.05) is 33.7 Å². The molecule has 4 aromatic rings. The predicted octanol–water partition coefficient (Wildman–Crippen LogP) is 4.10. The highest BCUT2D eigenvalue weighted by molar-refractivity contribution is 5.87. The molecular weight excluding hydrogens is 338 g/mol. The van der Waals surface area contributed by atoms with E-state index in [2.05, 4.69) is 45.7 Å². The van der Waals surface area contributed by atoms with Crippen molar-refractivity contribution in [2.24, 2.45) is 0 Å². The number of methoxy groups -OCH3 is 2. The summed E-state index contributed by atoms with van der Waals surface area (Å²) in [6.07, 6.45) is 4.07. The molecular formula is C22H23N3O2. The van der Waals surface area contributed by atoms with Crippen LogP contribution in [0, 0.1) is 0 Å². The maximum Gasteiger partial charge on any atom is 0.119 e. The molecule has 3 N–H and O–H groups in total. The zero-order chi connectivity index (χ0) is 18.4. The van der Waals surface area contributed by atoms with Crippen molar-refractivity contribution >= 4 is 21.8 Å². The maximum atomic E-state index is 5.42. The van der Waals surface area contributed by atoms with Crippen molar-refractivity contribution < 1.29 is 9.47 Å². The molecule has 0 fully saturated rings. The lowest BCUT2D eigenvalue weighted by atomic mass is 9.94. The standard InChI is InChI=1S/C22H23N3O2/c1-26-14-3-5-19-17(10-14)13(12-24-19)9-21-22-16(7-8-23-21)18-11-15(27-2)4-6-20(18)25-22/h3-6,10-12,21,23-25H,7-9H2,1-2H3. The van der Waals surface area contributed by atoms with Crippen molar-refractivity contribution in [3.63, 3.8) is 0 Å². The molecule has 0 aliphatic carbocycles. The van der Waals surface area contributed by atoms with Gasteiger partial charge in [-0.05, 0) is 66.9 Å². The van der Waals surface area contributed by atoms with E-state index in [-0.39, 0.29) is 6.04 Å². The summed E-state index contributed by atoms with van der Waals surface area (Å²) in [6.45, 7) is 0.980. The summed E-state index contributed by atoms with van der Waals surface area (Å²) in [7, 11) is 3.43. The fourth-order valence-electron chi connectivity index (χ4n) is 4.26. The molecule has 2 aromatic heterocycles. The minimum absolute atomic E-state index is 0.261. The first kappa shape index (κ1) is 16.3. The first-order valence-electron chi connectivity index (χ1n) is 9.32. The summed E-state index contributed by atoms with van der Waals surface area (Å²) in [4.78, 5) is 7.03. The Kier molecular flexibility index (Phi) is 3.83. The molecule has 0 amide bonds. The van der Waals surface area contributed by atoms with Gasteiger partial charge in [-0.25, -0.2) is 0 Å². The van der Waals surface area contributed by atoms with Crippen molar-refractivity contribution in [3.05, 3.63) is 59.4 Å². The molecule has 5 heteroatoms. The van der Waals surface area contributed by atoms with Crippen LogP contribution in [0.4, 0.5) is 0 Å². The Bertz CT molecular complexity index is 1130. The van der Waals surface area contributed by atoms with Crippen LogP contribution in [0.1, 0.15) is 22.9 Å². The second-order valence-corrected chi connectivity index (χ2v) is 7.12. The van der Waals surface area contributed by atoms with E-state index in [9.17, 15) is 0 Å². The number of nitrogens with one attached hydrogen (secondary N) is 3. The lowest BCUT2D eigenvalue weighted by molar-refractivity contribution is 0.415. The minimum Gasteiger partial charge on any atom is -0.497 e. The second kappa shape index (κ2) is 6.35. The number of rotatable bonds is 4. The Hall–Kier alpha value is -2.92. The first-order valence-corrected chi connectivity index (χ1v) is 9.32. The van der Waals surface area contributed by atoms with Crippen LogP contribution in [-0.4, -0.2) is 30.7 Å². The number of hydrogen-bond acceptors (Lipinski definition) is 3. The van der Waals surface area contributed by atoms with Crippen LogP contribution in [0.15, 0.2) is 42.6 Å². The largest absolute Gasteiger partial charge is 0.497 e. The quantitative estimate of drug-likeness (QED) is 0.513. The van der Waals surface area contributed by atoms with Crippen LogP contribution in [0.5, 0.6) is 11.5 Å². The van der Waals surface area contributed by atoms with Gasteiger partial charge in [0.25, 0.3) is 0 Å². The van der Waals surface area contributed by atoms with E-state index in [1.165, 1.54) is 33.1 Å². The molecule has 0 saturated heterocycles. The fourth-order valence-corrected chi connectivity index (χ4v) is 4.26. The van der Waals surface area contributed by atoms with Crippen molar-refractivity contribution in [2.75, 3.05) is 20.8 Å². The third-order valence-corrected chi connectivity index (χ3v) is 5.66. The summed E-state index contributed by atoms with van der Waals surface area (Å²) in [6, 6.07) is 12.7. The van der Waals surface area contributed by atoms with Gasteiger partial charge in [-0.15, -0.1) is 0 Å². The Morgan fingerprint density at radius 1 is 0.963 bits per heavy atom. The van der Waals surface area contributed by atoms with Crippen molar-refractivity contribution in [3.8, 4) is 11.5 Å². The van der Waals surface area contributed by atoms with Crippen molar-refractivity contribution in [2.45, 2.75) is 18.9 Å². The van der Waals surface area contributed by atoms with Crippen LogP contribution >= 0.6 is 0 Å². The van der Waals surface area contributed by atoms with E-state index < -0.39 is 0 Å². The smallest absolute Gasteiger partial charge is 0.119 e. The van der Waals surface area contributed by atoms with E-state index in [0.717, 1.165) is 36.4 Å². The summed E-state index contributed by atoms with van der Waals surface area (Å²) >= 11 is 0. The summed E-state index contributed by atoms with van der Waals surface area (Å²) < 4.78 is 10.8. The molecule has 5 rings (SSSR count). The monoisotopic (exact) mass is 361 g/mol. The molecule has 138 valence electrons. The van der Waals surface area contributed by atoms with Gasteiger partial charge in [0.05, 0.1) is 20.3 Å². The molecule has 1 atom stereocenters. The topological polar surface area (TPSA) is 62.1 Å². The van der Waals surface area contributed by atoms with Crippen molar-refractivity contribution in [1.29, 1.82) is 0 Å². The highest BCUT2D eigenvalue weighted by Crippen LogP contribution is 2.35. The number of fused-ring (bicyclic) bond motifs is 4. The van der Waals surface area contributed by atoms with Gasteiger partial charge in [0.15, 0.2) is 0 Å². The zero-order valence-electron chi connectivity index (χ0n) is 15.6. The number of aromatic nitrogens is 2. The molecule has 1 aliphatic rings. The van der Waals surface area contributed by atoms with E-state index in [1.807, 2.05) is 12.1 Å². The molecule has 0 radical (unpaired) electrons. The number of H-pyrrole nitrogens is 2. The number of hydrogen-bond donors (Lipinski definition) is 3. The highest BCUT2D eigenvalue weighted by atomic mass is 16.5. The normalized spacial score (nSPS) is 16.6. The van der Waals surface area contributed by atoms with Gasteiger partial charge in [0.1, 0.15) is 11.5 Å². The number of benzene rings is 2. The third kappa shape index (κ3) is 2.66. The van der Waals surface area contributed by atoms with E-state index >= 15 is 0 Å². The van der Waals surface area contributed by atoms with E-state index in [4.69, 9.17) is 9.47 Å². The number of aromatic amines is 2. The van der Waals surface area contributed by atoms with E-state index in [1.54, 1.807) is 14.2 Å². The van der Waals surface area contributed by atoms with Gasteiger partial charge >= 0.3 is 0 Å². The van der Waals surface area contributed by atoms with Crippen LogP contribution < -0.4 is 14.8 Å². The molecule has 2 aromatic carbocycles. The third-order valence-electron chi connectivity index (χ3n) is 5.66. The summed E-state index contributed by atoms with van der Waals surface area (Å²) in [5, 5.41) is 6.19. The van der Waals surface area contributed by atoms with Gasteiger partial charge in [-0.3, -0.25) is 0 Å². The first-order chi connectivity index (χ1) is 13.3. The zero-order valence-corrected chi connectivity index (χ0v) is 15.6. The van der Waals surface area contributed by atoms with Crippen molar-refractivity contribution in [1.82, 2.24) is 15.3 Å². The molecule has 5 nitrogen and oxygen atoms in total. The Morgan fingerprint density at radius 3 is 2.48 bits per heavy atom. The molecule has 0 saturated carbocycles. The summed E-state index contributed by atoms with van der Waals surface area (Å²) in [5.41, 5.74) is 6.32. The van der Waals surface area contributed by atoms with Crippen LogP contribution in [0.25, 0.3) is 21.8 Å². The van der Waals surface area contributed by atoms with Gasteiger partial charge in [-0.2, -0.15) is 0 Å². The van der Waals surface area contributed by atoms with Crippen LogP contribution in [0.2, 0.25) is 0 Å². The molecule has 0 spiro atoms. The lowest BCUT2D eigenvalue weighted by Gasteiger charge is -2.24. The lowest BCUT2D eigenvalue weighted by Crippen LogP contribution is -2.31. The SMILES string of the molecule is COc1ccc2[nH]cc(CC3NCCc4c3[nH]c3ccc(OC)cc43)c2c1. The minimum atomic E-state index is 0.261. The Labute approximate surface area is 157 Å². The van der Waals surface area contributed by atoms with Gasteiger partial charge in [-0.1, -0.05) is 0 Å².